The van der Waals surface area contributed by atoms with Crippen molar-refractivity contribution in [3.8, 4) is 0 Å². The van der Waals surface area contributed by atoms with E-state index in [1.165, 1.54) is 38.5 Å². The number of phosphoric ester groups is 2. The van der Waals surface area contributed by atoms with E-state index in [2.05, 4.69) is 186 Å². The Labute approximate surface area is 616 Å². The van der Waals surface area contributed by atoms with Gasteiger partial charge in [-0.2, -0.15) is 0 Å². The number of allylic oxidation sites excluding steroid dienone is 28. The molecule has 0 heterocycles. The number of hydrogen-bond donors (Lipinski definition) is 3. The number of aliphatic hydroxyl groups is 1. The van der Waals surface area contributed by atoms with Crippen LogP contribution in [0.25, 0.3) is 0 Å². The molecule has 0 aliphatic heterocycles. The molecule has 5 atom stereocenters. The van der Waals surface area contributed by atoms with Crippen LogP contribution >= 0.6 is 15.6 Å². The van der Waals surface area contributed by atoms with E-state index >= 15 is 0 Å². The van der Waals surface area contributed by atoms with Gasteiger partial charge in [-0.15, -0.1) is 0 Å². The topological polar surface area (TPSA) is 237 Å². The molecule has 0 aromatic carbocycles. The molecule has 578 valence electrons. The van der Waals surface area contributed by atoms with Crippen molar-refractivity contribution in [1.29, 1.82) is 0 Å². The van der Waals surface area contributed by atoms with E-state index in [4.69, 9.17) is 37.0 Å². The number of esters is 4. The van der Waals surface area contributed by atoms with Crippen LogP contribution in [0.15, 0.2) is 170 Å². The van der Waals surface area contributed by atoms with Crippen LogP contribution in [0.5, 0.6) is 0 Å². The second-order valence-electron chi connectivity index (χ2n) is 24.8. The predicted octanol–water partition coefficient (Wildman–Crippen LogP) is 22.2. The number of phosphoric acid groups is 2. The average molecular weight is 1470 g/mol. The van der Waals surface area contributed by atoms with Crippen molar-refractivity contribution in [2.24, 2.45) is 0 Å². The maximum absolute atomic E-state index is 13.1. The zero-order valence-corrected chi connectivity index (χ0v) is 64.8. The Bertz CT molecular complexity index is 2600. The molecule has 19 heteroatoms. The van der Waals surface area contributed by atoms with Gasteiger partial charge >= 0.3 is 39.5 Å². The molecule has 0 aromatic heterocycles. The highest BCUT2D eigenvalue weighted by atomic mass is 31.2. The van der Waals surface area contributed by atoms with E-state index in [1.54, 1.807) is 0 Å². The summed E-state index contributed by atoms with van der Waals surface area (Å²) in [5.74, 6) is -2.36. The fourth-order valence-electron chi connectivity index (χ4n) is 9.41. The monoisotopic (exact) mass is 1460 g/mol. The Morgan fingerprint density at radius 2 is 0.520 bits per heavy atom. The van der Waals surface area contributed by atoms with Crippen LogP contribution in [0, 0.1) is 0 Å². The highest BCUT2D eigenvalue weighted by molar-refractivity contribution is 7.47. The first-order chi connectivity index (χ1) is 49.7. The van der Waals surface area contributed by atoms with Crippen LogP contribution in [-0.4, -0.2) is 96.7 Å². The summed E-state index contributed by atoms with van der Waals surface area (Å²) in [4.78, 5) is 72.9. The lowest BCUT2D eigenvalue weighted by molar-refractivity contribution is -0.161. The van der Waals surface area contributed by atoms with Gasteiger partial charge in [-0.05, 0) is 167 Å². The molecule has 0 radical (unpaired) electrons. The number of carbonyl (C=O) groups excluding carboxylic acids is 4. The summed E-state index contributed by atoms with van der Waals surface area (Å²) in [5.41, 5.74) is 0. The third kappa shape index (κ3) is 72.8. The largest absolute Gasteiger partial charge is 0.472 e. The lowest BCUT2D eigenvalue weighted by Gasteiger charge is -2.21. The molecule has 0 rings (SSSR count). The number of unbranched alkanes of at least 4 members (excludes halogenated alkanes) is 16. The van der Waals surface area contributed by atoms with Crippen LogP contribution in [0.3, 0.4) is 0 Å². The standard InChI is InChI=1S/C83H134O17P2/c1-5-9-13-17-21-25-29-33-37-38-42-44-48-52-56-60-64-68-81(86)94-74-79(100-83(88)70-66-62-58-54-50-46-41-36-32-28-24-20-16-12-8-4)76-98-102(91,92)96-72-77(84)71-95-101(89,90)97-75-78(99-82(87)69-65-61-57-53-49-45-40-35-31-27-23-19-15-11-7-3)73-93-80(85)67-63-59-55-51-47-43-39-34-30-26-22-18-14-10-6-2/h9-11,13-15,21-23,25-27,33-37,39-42,44,47,49,51-53,56,77-79,84H,5-8,12,16-20,24,28-32,38,43,45-46,48,50,54-55,57-76H2,1-4H3,(H,89,90)(H,91,92)/b13-9-,14-10-,15-11-,25-21-,26-22-,27-23-,37-33-,39-34-,40-35-,41-36-,44-42-,51-47-,53-49-,56-52-. The molecule has 17 nitrogen and oxygen atoms in total. The Morgan fingerprint density at radius 1 is 0.284 bits per heavy atom. The number of rotatable bonds is 70. The van der Waals surface area contributed by atoms with Gasteiger partial charge in [0.05, 0.1) is 26.4 Å². The summed E-state index contributed by atoms with van der Waals surface area (Å²) >= 11 is 0. The molecule has 0 saturated heterocycles. The van der Waals surface area contributed by atoms with Crippen molar-refractivity contribution in [3.05, 3.63) is 170 Å². The Morgan fingerprint density at radius 3 is 0.853 bits per heavy atom. The normalized spacial score (nSPS) is 14.9. The van der Waals surface area contributed by atoms with E-state index in [9.17, 15) is 43.2 Å². The lowest BCUT2D eigenvalue weighted by atomic mass is 10.1. The zero-order valence-electron chi connectivity index (χ0n) is 63.0. The summed E-state index contributed by atoms with van der Waals surface area (Å²) in [6, 6.07) is 0. The van der Waals surface area contributed by atoms with Crippen LogP contribution in [-0.2, 0) is 65.4 Å². The predicted molar refractivity (Wildman–Crippen MR) is 417 cm³/mol. The third-order valence-corrected chi connectivity index (χ3v) is 17.1. The first-order valence-corrected chi connectivity index (χ1v) is 41.4. The van der Waals surface area contributed by atoms with Gasteiger partial charge in [0.15, 0.2) is 12.2 Å². The van der Waals surface area contributed by atoms with Gasteiger partial charge in [0, 0.05) is 25.7 Å². The molecule has 5 unspecified atom stereocenters. The van der Waals surface area contributed by atoms with Gasteiger partial charge in [0.1, 0.15) is 19.3 Å². The van der Waals surface area contributed by atoms with Crippen molar-refractivity contribution in [2.75, 3.05) is 39.6 Å². The maximum atomic E-state index is 13.1. The smallest absolute Gasteiger partial charge is 0.462 e. The lowest BCUT2D eigenvalue weighted by Crippen LogP contribution is -2.30. The number of hydrogen-bond acceptors (Lipinski definition) is 15. The molecule has 0 aliphatic carbocycles. The Balaban J connectivity index is 5.50. The molecule has 3 N–H and O–H groups in total. The quantitative estimate of drug-likeness (QED) is 0.0169. The number of carbonyl (C=O) groups is 4. The molecular weight excluding hydrogens is 1330 g/mol. The highest BCUT2D eigenvalue weighted by Gasteiger charge is 2.30. The van der Waals surface area contributed by atoms with Crippen molar-refractivity contribution >= 4 is 39.5 Å². The number of aliphatic hydroxyl groups excluding tert-OH is 1. The second kappa shape index (κ2) is 73.7. The van der Waals surface area contributed by atoms with Crippen LogP contribution < -0.4 is 0 Å². The van der Waals surface area contributed by atoms with Crippen molar-refractivity contribution in [1.82, 2.24) is 0 Å². The van der Waals surface area contributed by atoms with Gasteiger partial charge in [0.2, 0.25) is 0 Å². The molecule has 0 aromatic rings. The molecule has 0 saturated carbocycles. The first kappa shape index (κ1) is 96.4. The van der Waals surface area contributed by atoms with Gasteiger partial charge < -0.3 is 33.8 Å². The van der Waals surface area contributed by atoms with Gasteiger partial charge in [-0.1, -0.05) is 249 Å². The van der Waals surface area contributed by atoms with Crippen molar-refractivity contribution in [2.45, 2.75) is 290 Å². The molecule has 0 bridgehead atoms. The molecule has 0 amide bonds. The zero-order chi connectivity index (χ0) is 74.6. The van der Waals surface area contributed by atoms with E-state index in [-0.39, 0.29) is 25.7 Å². The highest BCUT2D eigenvalue weighted by Crippen LogP contribution is 2.45. The second-order valence-corrected chi connectivity index (χ2v) is 27.7. The molecule has 0 fully saturated rings. The van der Waals surface area contributed by atoms with Crippen molar-refractivity contribution < 1.29 is 80.2 Å². The van der Waals surface area contributed by atoms with Gasteiger partial charge in [-0.3, -0.25) is 37.3 Å². The fourth-order valence-corrected chi connectivity index (χ4v) is 11.0. The van der Waals surface area contributed by atoms with Gasteiger partial charge in [0.25, 0.3) is 0 Å². The molecule has 102 heavy (non-hydrogen) atoms. The molecule has 0 spiro atoms. The fraction of sp³-hybridized carbons (Fsp3) is 0.614. The van der Waals surface area contributed by atoms with Crippen LogP contribution in [0.2, 0.25) is 0 Å². The van der Waals surface area contributed by atoms with Crippen LogP contribution in [0.1, 0.15) is 272 Å². The van der Waals surface area contributed by atoms with Gasteiger partial charge in [-0.25, -0.2) is 9.13 Å². The maximum Gasteiger partial charge on any atom is 0.472 e. The summed E-state index contributed by atoms with van der Waals surface area (Å²) < 4.78 is 68.4. The minimum Gasteiger partial charge on any atom is -0.462 e. The Hall–Kier alpha value is -5.58. The van der Waals surface area contributed by atoms with E-state index in [0.717, 1.165) is 141 Å². The summed E-state index contributed by atoms with van der Waals surface area (Å²) in [5, 5.41) is 10.6. The van der Waals surface area contributed by atoms with Crippen molar-refractivity contribution in [3.63, 3.8) is 0 Å². The summed E-state index contributed by atoms with van der Waals surface area (Å²) in [6.07, 6.45) is 86.5. The number of ether oxygens (including phenoxy) is 4. The minimum absolute atomic E-state index is 0.0258. The SMILES string of the molecule is CC/C=C\C/C=C\C/C=C\C/C=C\C/C=C\CCCC(=O)OCC(COP(=O)(O)OCC(O)COP(=O)(O)OCC(COC(=O)CCCC/C=C\C/C=C\C/C=C\C/C=C\CC)OC(=O)CCCC/C=C\C/C=C\C/C=C\C/C=C\CC)OC(=O)CCCCCCC/C=C\CCCCCCCC. The first-order valence-electron chi connectivity index (χ1n) is 38.4. The van der Waals surface area contributed by atoms with E-state index < -0.39 is 97.5 Å². The average Bonchev–Trinajstić information content (AvgIpc) is 0.923. The molecule has 0 aliphatic rings. The summed E-state index contributed by atoms with van der Waals surface area (Å²) in [7, 11) is -10.0. The van der Waals surface area contributed by atoms with Crippen LogP contribution in [0.4, 0.5) is 0 Å². The van der Waals surface area contributed by atoms with E-state index in [0.29, 0.717) is 38.5 Å². The minimum atomic E-state index is -5.01. The summed E-state index contributed by atoms with van der Waals surface area (Å²) in [6.45, 7) is 4.33. The Kier molecular flexibility index (Phi) is 69.7. The third-order valence-electron chi connectivity index (χ3n) is 15.2. The van der Waals surface area contributed by atoms with E-state index in [1.807, 2.05) is 12.2 Å². The molecular formula is C83H134O17P2.